The molecule has 2 rings (SSSR count). The predicted octanol–water partition coefficient (Wildman–Crippen LogP) is 3.05. The highest BCUT2D eigenvalue weighted by atomic mass is 14.9. The Kier molecular flexibility index (Phi) is 4.03. The summed E-state index contributed by atoms with van der Waals surface area (Å²) in [5.41, 5.74) is 6.61. The summed E-state index contributed by atoms with van der Waals surface area (Å²) in [4.78, 5) is 4.06. The third-order valence-electron chi connectivity index (χ3n) is 3.39. The number of rotatable bonds is 4. The molecule has 3 nitrogen and oxygen atoms in total. The molecule has 0 aromatic carbocycles. The SMILES string of the molecule is Nc1ccc(NCCC2CCCCC2)cn1. The van der Waals surface area contributed by atoms with Crippen LogP contribution in [0.2, 0.25) is 0 Å². The number of nitrogens with zero attached hydrogens (tertiary/aromatic N) is 1. The maximum atomic E-state index is 5.53. The van der Waals surface area contributed by atoms with Crippen molar-refractivity contribution in [1.82, 2.24) is 4.98 Å². The lowest BCUT2D eigenvalue weighted by Crippen LogP contribution is -2.12. The van der Waals surface area contributed by atoms with Crippen LogP contribution in [0.15, 0.2) is 18.3 Å². The zero-order valence-corrected chi connectivity index (χ0v) is 9.78. The summed E-state index contributed by atoms with van der Waals surface area (Å²) < 4.78 is 0. The van der Waals surface area contributed by atoms with Crippen LogP contribution in [0, 0.1) is 5.92 Å². The van der Waals surface area contributed by atoms with Gasteiger partial charge < -0.3 is 11.1 Å². The minimum atomic E-state index is 0.581. The van der Waals surface area contributed by atoms with Crippen molar-refractivity contribution >= 4 is 11.5 Å². The second-order valence-corrected chi connectivity index (χ2v) is 4.69. The van der Waals surface area contributed by atoms with Crippen LogP contribution >= 0.6 is 0 Å². The normalized spacial score (nSPS) is 17.2. The van der Waals surface area contributed by atoms with Crippen LogP contribution in [0.25, 0.3) is 0 Å². The second kappa shape index (κ2) is 5.73. The van der Waals surface area contributed by atoms with E-state index >= 15 is 0 Å². The first-order valence-electron chi connectivity index (χ1n) is 6.30. The summed E-state index contributed by atoms with van der Waals surface area (Å²) in [5, 5.41) is 3.40. The van der Waals surface area contributed by atoms with Gasteiger partial charge in [-0.05, 0) is 24.5 Å². The molecule has 1 aliphatic rings. The van der Waals surface area contributed by atoms with Gasteiger partial charge >= 0.3 is 0 Å². The molecule has 1 heterocycles. The van der Waals surface area contributed by atoms with E-state index in [0.717, 1.165) is 18.2 Å². The van der Waals surface area contributed by atoms with Gasteiger partial charge in [-0.3, -0.25) is 0 Å². The van der Waals surface area contributed by atoms with Gasteiger partial charge in [0.05, 0.1) is 11.9 Å². The summed E-state index contributed by atoms with van der Waals surface area (Å²) in [6.07, 6.45) is 10.2. The molecule has 3 heteroatoms. The first-order chi connectivity index (χ1) is 7.84. The topological polar surface area (TPSA) is 50.9 Å². The summed E-state index contributed by atoms with van der Waals surface area (Å²) in [7, 11) is 0. The van der Waals surface area contributed by atoms with E-state index in [2.05, 4.69) is 10.3 Å². The van der Waals surface area contributed by atoms with Crippen LogP contribution in [0.1, 0.15) is 38.5 Å². The fraction of sp³-hybridized carbons (Fsp3) is 0.615. The van der Waals surface area contributed by atoms with Crippen LogP contribution in [0.3, 0.4) is 0 Å². The number of aromatic nitrogens is 1. The molecular formula is C13H21N3. The molecule has 1 aromatic heterocycles. The molecule has 0 bridgehead atoms. The van der Waals surface area contributed by atoms with Gasteiger partial charge in [0.2, 0.25) is 0 Å². The lowest BCUT2D eigenvalue weighted by Gasteiger charge is -2.21. The summed E-state index contributed by atoms with van der Waals surface area (Å²) in [6.45, 7) is 1.05. The van der Waals surface area contributed by atoms with Gasteiger partial charge in [0, 0.05) is 6.54 Å². The van der Waals surface area contributed by atoms with Crippen molar-refractivity contribution in [2.75, 3.05) is 17.6 Å². The van der Waals surface area contributed by atoms with Gasteiger partial charge in [0.1, 0.15) is 5.82 Å². The molecule has 0 saturated heterocycles. The molecule has 3 N–H and O–H groups in total. The lowest BCUT2D eigenvalue weighted by molar-refractivity contribution is 0.345. The summed E-state index contributed by atoms with van der Waals surface area (Å²) in [6, 6.07) is 3.83. The van der Waals surface area contributed by atoms with Gasteiger partial charge in [-0.2, -0.15) is 0 Å². The standard InChI is InChI=1S/C13H21N3/c14-13-7-6-12(10-16-13)15-9-8-11-4-2-1-3-5-11/h6-7,10-11,15H,1-5,8-9H2,(H2,14,16). The number of hydrogen-bond donors (Lipinski definition) is 2. The molecule has 88 valence electrons. The van der Waals surface area contributed by atoms with Crippen LogP contribution in [0.5, 0.6) is 0 Å². The highest BCUT2D eigenvalue weighted by Gasteiger charge is 2.12. The third kappa shape index (κ3) is 3.40. The van der Waals surface area contributed by atoms with E-state index in [9.17, 15) is 0 Å². The number of nitrogens with two attached hydrogens (primary N) is 1. The van der Waals surface area contributed by atoms with Crippen LogP contribution in [-0.2, 0) is 0 Å². The molecule has 0 spiro atoms. The van der Waals surface area contributed by atoms with Gasteiger partial charge in [-0.1, -0.05) is 32.1 Å². The molecule has 16 heavy (non-hydrogen) atoms. The minimum Gasteiger partial charge on any atom is -0.384 e. The summed E-state index contributed by atoms with van der Waals surface area (Å²) in [5.74, 6) is 1.51. The maximum Gasteiger partial charge on any atom is 0.123 e. The number of nitrogens with one attached hydrogen (secondary N) is 1. The molecular weight excluding hydrogens is 198 g/mol. The van der Waals surface area contributed by atoms with E-state index in [1.165, 1.54) is 38.5 Å². The molecule has 1 fully saturated rings. The predicted molar refractivity (Wildman–Crippen MR) is 68.3 cm³/mol. The Bertz CT molecular complexity index is 301. The van der Waals surface area contributed by atoms with Crippen molar-refractivity contribution in [2.45, 2.75) is 38.5 Å². The van der Waals surface area contributed by atoms with E-state index in [4.69, 9.17) is 5.73 Å². The molecule has 0 aliphatic heterocycles. The Morgan fingerprint density at radius 1 is 1.25 bits per heavy atom. The first-order valence-corrected chi connectivity index (χ1v) is 6.30. The van der Waals surface area contributed by atoms with Gasteiger partial charge in [0.15, 0.2) is 0 Å². The molecule has 0 amide bonds. The zero-order valence-electron chi connectivity index (χ0n) is 9.78. The zero-order chi connectivity index (χ0) is 11.2. The maximum absolute atomic E-state index is 5.53. The number of hydrogen-bond acceptors (Lipinski definition) is 3. The Morgan fingerprint density at radius 2 is 2.06 bits per heavy atom. The number of anilines is 2. The van der Waals surface area contributed by atoms with E-state index in [1.54, 1.807) is 6.20 Å². The Hall–Kier alpha value is -1.25. The fourth-order valence-electron chi connectivity index (χ4n) is 2.41. The van der Waals surface area contributed by atoms with Crippen LogP contribution < -0.4 is 11.1 Å². The van der Waals surface area contributed by atoms with Crippen molar-refractivity contribution in [2.24, 2.45) is 5.92 Å². The lowest BCUT2D eigenvalue weighted by atomic mass is 9.87. The van der Waals surface area contributed by atoms with Gasteiger partial charge in [-0.15, -0.1) is 0 Å². The smallest absolute Gasteiger partial charge is 0.123 e. The van der Waals surface area contributed by atoms with Gasteiger partial charge in [0.25, 0.3) is 0 Å². The van der Waals surface area contributed by atoms with Gasteiger partial charge in [-0.25, -0.2) is 4.98 Å². The summed E-state index contributed by atoms with van der Waals surface area (Å²) >= 11 is 0. The van der Waals surface area contributed by atoms with Crippen molar-refractivity contribution in [3.8, 4) is 0 Å². The minimum absolute atomic E-state index is 0.581. The second-order valence-electron chi connectivity index (χ2n) is 4.69. The van der Waals surface area contributed by atoms with Crippen molar-refractivity contribution in [3.05, 3.63) is 18.3 Å². The molecule has 0 radical (unpaired) electrons. The number of pyridine rings is 1. The molecule has 1 aromatic rings. The van der Waals surface area contributed by atoms with Crippen LogP contribution in [0.4, 0.5) is 11.5 Å². The quantitative estimate of drug-likeness (QED) is 0.818. The molecule has 0 atom stereocenters. The highest BCUT2D eigenvalue weighted by Crippen LogP contribution is 2.26. The Balaban J connectivity index is 1.69. The van der Waals surface area contributed by atoms with Crippen LogP contribution in [-0.4, -0.2) is 11.5 Å². The molecule has 1 saturated carbocycles. The van der Waals surface area contributed by atoms with Crippen molar-refractivity contribution in [1.29, 1.82) is 0 Å². The average Bonchev–Trinajstić information content (AvgIpc) is 2.33. The third-order valence-corrected chi connectivity index (χ3v) is 3.39. The first kappa shape index (κ1) is 11.2. The Labute approximate surface area is 97.5 Å². The van der Waals surface area contributed by atoms with E-state index in [0.29, 0.717) is 5.82 Å². The van der Waals surface area contributed by atoms with Crippen molar-refractivity contribution < 1.29 is 0 Å². The number of nitrogen functional groups attached to an aromatic ring is 1. The Morgan fingerprint density at radius 3 is 2.75 bits per heavy atom. The average molecular weight is 219 g/mol. The van der Waals surface area contributed by atoms with E-state index in [-0.39, 0.29) is 0 Å². The highest BCUT2D eigenvalue weighted by molar-refractivity contribution is 5.45. The largest absolute Gasteiger partial charge is 0.384 e. The molecule has 0 unspecified atom stereocenters. The van der Waals surface area contributed by atoms with E-state index in [1.807, 2.05) is 12.1 Å². The molecule has 1 aliphatic carbocycles. The monoisotopic (exact) mass is 219 g/mol. The van der Waals surface area contributed by atoms with Crippen molar-refractivity contribution in [3.63, 3.8) is 0 Å². The fourth-order valence-corrected chi connectivity index (χ4v) is 2.41. The van der Waals surface area contributed by atoms with E-state index < -0.39 is 0 Å².